The lowest BCUT2D eigenvalue weighted by Crippen LogP contribution is -2.24. The number of methoxy groups -OCH3 is 1. The summed E-state index contributed by atoms with van der Waals surface area (Å²) in [7, 11) is 0.960. The Morgan fingerprint density at radius 1 is 1.53 bits per heavy atom. The van der Waals surface area contributed by atoms with E-state index in [4.69, 9.17) is 10.5 Å². The van der Waals surface area contributed by atoms with Crippen molar-refractivity contribution in [2.45, 2.75) is 11.8 Å². The molecular weight excluding hydrogens is 288 g/mol. The molecule has 1 atom stereocenters. The second-order valence-electron chi connectivity index (χ2n) is 4.45. The van der Waals surface area contributed by atoms with Crippen LogP contribution in [-0.2, 0) is 14.8 Å². The molecule has 0 bridgehead atoms. The number of nitrogens with zero attached hydrogens (tertiary/aromatic N) is 2. The van der Waals surface area contributed by atoms with Crippen LogP contribution < -0.4 is 11.1 Å². The third-order valence-electron chi connectivity index (χ3n) is 2.48. The van der Waals surface area contributed by atoms with Gasteiger partial charge in [0.25, 0.3) is 0 Å². The van der Waals surface area contributed by atoms with Gasteiger partial charge < -0.3 is 15.8 Å². The van der Waals surface area contributed by atoms with Gasteiger partial charge in [0.2, 0.25) is 10.0 Å². The second-order valence-corrected chi connectivity index (χ2v) is 7.32. The summed E-state index contributed by atoms with van der Waals surface area (Å²) < 4.78 is 34.4. The zero-order valence-corrected chi connectivity index (χ0v) is 13.1. The van der Waals surface area contributed by atoms with Gasteiger partial charge in [0.1, 0.15) is 5.00 Å². The van der Waals surface area contributed by atoms with E-state index >= 15 is 0 Å². The number of sulfonamides is 1. The van der Waals surface area contributed by atoms with Crippen LogP contribution >= 0.6 is 11.5 Å². The SMILES string of the molecule is COCC(C)CNc1snc(N)c1S(=O)(=O)N(C)C. The molecule has 0 aliphatic heterocycles. The fourth-order valence-corrected chi connectivity index (χ4v) is 3.53. The number of hydrogen-bond acceptors (Lipinski definition) is 7. The van der Waals surface area contributed by atoms with E-state index in [2.05, 4.69) is 9.69 Å². The predicted molar refractivity (Wildman–Crippen MR) is 76.9 cm³/mol. The Morgan fingerprint density at radius 3 is 2.68 bits per heavy atom. The molecule has 19 heavy (non-hydrogen) atoms. The van der Waals surface area contributed by atoms with Crippen molar-refractivity contribution in [1.29, 1.82) is 0 Å². The monoisotopic (exact) mass is 308 g/mol. The molecular formula is C10H20N4O3S2. The molecule has 0 radical (unpaired) electrons. The summed E-state index contributed by atoms with van der Waals surface area (Å²) in [5, 5.41) is 3.54. The van der Waals surface area contributed by atoms with Gasteiger partial charge in [-0.3, -0.25) is 0 Å². The first-order valence-electron chi connectivity index (χ1n) is 5.71. The number of ether oxygens (including phenoxy) is 1. The number of nitrogen functional groups attached to an aromatic ring is 1. The average molecular weight is 308 g/mol. The summed E-state index contributed by atoms with van der Waals surface area (Å²) in [6.07, 6.45) is 0. The molecule has 110 valence electrons. The second kappa shape index (κ2) is 6.51. The molecule has 0 amide bonds. The van der Waals surface area contributed by atoms with Gasteiger partial charge in [0.05, 0.1) is 6.61 Å². The first-order chi connectivity index (χ1) is 8.80. The van der Waals surface area contributed by atoms with E-state index in [0.717, 1.165) is 15.8 Å². The van der Waals surface area contributed by atoms with Gasteiger partial charge in [-0.05, 0) is 17.5 Å². The summed E-state index contributed by atoms with van der Waals surface area (Å²) in [4.78, 5) is 0.0483. The Bertz CT molecular complexity index is 513. The normalized spacial score (nSPS) is 13.7. The van der Waals surface area contributed by atoms with Crippen LogP contribution in [-0.4, -0.2) is 51.5 Å². The lowest BCUT2D eigenvalue weighted by Gasteiger charge is -2.15. The van der Waals surface area contributed by atoms with Crippen molar-refractivity contribution in [3.05, 3.63) is 0 Å². The van der Waals surface area contributed by atoms with Gasteiger partial charge in [0.15, 0.2) is 10.7 Å². The van der Waals surface area contributed by atoms with Crippen molar-refractivity contribution in [2.24, 2.45) is 5.92 Å². The van der Waals surface area contributed by atoms with Crippen molar-refractivity contribution < 1.29 is 13.2 Å². The zero-order chi connectivity index (χ0) is 14.6. The molecule has 0 fully saturated rings. The molecule has 0 aromatic carbocycles. The Labute approximate surface area is 118 Å². The minimum atomic E-state index is -3.59. The number of aromatic nitrogens is 1. The van der Waals surface area contributed by atoms with Crippen LogP contribution in [0.25, 0.3) is 0 Å². The van der Waals surface area contributed by atoms with Crippen LogP contribution in [0, 0.1) is 5.92 Å². The first kappa shape index (κ1) is 16.2. The molecule has 1 aromatic rings. The lowest BCUT2D eigenvalue weighted by molar-refractivity contribution is 0.164. The standard InChI is InChI=1S/C10H20N4O3S2/c1-7(6-17-4)5-12-10-8(9(11)13-18-10)19(15,16)14(2)3/h7,12H,5-6H2,1-4H3,(H2,11,13). The van der Waals surface area contributed by atoms with Gasteiger partial charge in [0, 0.05) is 27.7 Å². The zero-order valence-electron chi connectivity index (χ0n) is 11.5. The van der Waals surface area contributed by atoms with Gasteiger partial charge in [-0.25, -0.2) is 12.7 Å². The Hall–Kier alpha value is -0.900. The van der Waals surface area contributed by atoms with Crippen LogP contribution in [0.4, 0.5) is 10.8 Å². The molecule has 9 heteroatoms. The third kappa shape index (κ3) is 3.78. The Balaban J connectivity index is 2.93. The molecule has 1 rings (SSSR count). The highest BCUT2D eigenvalue weighted by Crippen LogP contribution is 2.32. The summed E-state index contributed by atoms with van der Waals surface area (Å²) in [5.74, 6) is 0.281. The maximum atomic E-state index is 12.2. The highest BCUT2D eigenvalue weighted by Gasteiger charge is 2.27. The molecule has 7 nitrogen and oxygen atoms in total. The van der Waals surface area contributed by atoms with Crippen molar-refractivity contribution in [3.8, 4) is 0 Å². The van der Waals surface area contributed by atoms with Crippen molar-refractivity contribution >= 4 is 32.4 Å². The van der Waals surface area contributed by atoms with E-state index in [-0.39, 0.29) is 16.6 Å². The van der Waals surface area contributed by atoms with Crippen LogP contribution in [0.5, 0.6) is 0 Å². The van der Waals surface area contributed by atoms with Gasteiger partial charge in [-0.15, -0.1) is 0 Å². The molecule has 3 N–H and O–H groups in total. The molecule has 0 spiro atoms. The fourth-order valence-electron chi connectivity index (χ4n) is 1.45. The van der Waals surface area contributed by atoms with Crippen LogP contribution in [0.15, 0.2) is 4.90 Å². The van der Waals surface area contributed by atoms with E-state index in [9.17, 15) is 8.42 Å². The van der Waals surface area contributed by atoms with Crippen molar-refractivity contribution in [2.75, 3.05) is 45.4 Å². The first-order valence-corrected chi connectivity index (χ1v) is 7.92. The molecule has 1 aromatic heterocycles. The number of rotatable bonds is 7. The predicted octanol–water partition coefficient (Wildman–Crippen LogP) is 0.670. The number of nitrogens with one attached hydrogen (secondary N) is 1. The van der Waals surface area contributed by atoms with E-state index in [1.807, 2.05) is 6.92 Å². The average Bonchev–Trinajstić information content (AvgIpc) is 2.68. The van der Waals surface area contributed by atoms with Crippen LogP contribution in [0.1, 0.15) is 6.92 Å². The maximum absolute atomic E-state index is 12.2. The molecule has 0 aliphatic rings. The van der Waals surface area contributed by atoms with E-state index in [1.54, 1.807) is 7.11 Å². The Kier molecular flexibility index (Phi) is 5.53. The third-order valence-corrected chi connectivity index (χ3v) is 5.31. The van der Waals surface area contributed by atoms with Crippen LogP contribution in [0.2, 0.25) is 0 Å². The van der Waals surface area contributed by atoms with Gasteiger partial charge in [-0.2, -0.15) is 4.37 Å². The van der Waals surface area contributed by atoms with E-state index in [0.29, 0.717) is 18.2 Å². The Morgan fingerprint density at radius 2 is 2.16 bits per heavy atom. The van der Waals surface area contributed by atoms with Crippen molar-refractivity contribution in [3.63, 3.8) is 0 Å². The largest absolute Gasteiger partial charge is 0.384 e. The van der Waals surface area contributed by atoms with E-state index in [1.165, 1.54) is 14.1 Å². The lowest BCUT2D eigenvalue weighted by atomic mass is 10.2. The summed E-state index contributed by atoms with van der Waals surface area (Å²) in [6.45, 7) is 3.18. The highest BCUT2D eigenvalue weighted by atomic mass is 32.2. The summed E-state index contributed by atoms with van der Waals surface area (Å²) in [5.41, 5.74) is 5.66. The van der Waals surface area contributed by atoms with Gasteiger partial charge in [-0.1, -0.05) is 6.92 Å². The minimum Gasteiger partial charge on any atom is -0.384 e. The fraction of sp³-hybridized carbons (Fsp3) is 0.700. The summed E-state index contributed by atoms with van der Waals surface area (Å²) in [6, 6.07) is 0. The molecule has 1 heterocycles. The maximum Gasteiger partial charge on any atom is 0.249 e. The smallest absolute Gasteiger partial charge is 0.249 e. The molecule has 0 saturated carbocycles. The minimum absolute atomic E-state index is 0.0283. The van der Waals surface area contributed by atoms with Crippen molar-refractivity contribution in [1.82, 2.24) is 8.68 Å². The quantitative estimate of drug-likeness (QED) is 0.768. The topological polar surface area (TPSA) is 97.5 Å². The van der Waals surface area contributed by atoms with Gasteiger partial charge >= 0.3 is 0 Å². The highest BCUT2D eigenvalue weighted by molar-refractivity contribution is 7.89. The number of anilines is 2. The molecule has 0 aliphatic carbocycles. The number of nitrogens with two attached hydrogens (primary N) is 1. The van der Waals surface area contributed by atoms with E-state index < -0.39 is 10.0 Å². The number of hydrogen-bond donors (Lipinski definition) is 2. The molecule has 1 unspecified atom stereocenters. The van der Waals surface area contributed by atoms with Crippen LogP contribution in [0.3, 0.4) is 0 Å². The summed E-state index contributed by atoms with van der Waals surface area (Å²) >= 11 is 1.05. The molecule has 0 saturated heterocycles.